The van der Waals surface area contributed by atoms with E-state index in [9.17, 15) is 18.0 Å². The van der Waals surface area contributed by atoms with E-state index in [1.807, 2.05) is 0 Å². The van der Waals surface area contributed by atoms with Crippen molar-refractivity contribution in [1.29, 1.82) is 0 Å². The minimum absolute atomic E-state index is 0.0646. The normalized spacial score (nSPS) is 29.0. The smallest absolute Gasteiger partial charge is 0.245 e. The number of hydrogen-bond donors (Lipinski definition) is 0. The van der Waals surface area contributed by atoms with Gasteiger partial charge in [0.25, 0.3) is 0 Å². The number of benzene rings is 1. The van der Waals surface area contributed by atoms with Crippen LogP contribution in [0.4, 0.5) is 0 Å². The fourth-order valence-electron chi connectivity index (χ4n) is 4.65. The molecule has 0 unspecified atom stereocenters. The lowest BCUT2D eigenvalue weighted by Gasteiger charge is -2.40. The highest BCUT2D eigenvalue weighted by atomic mass is 35.5. The maximum absolute atomic E-state index is 13.3. The predicted octanol–water partition coefficient (Wildman–Crippen LogP) is 3.13. The SMILES string of the molecule is Cc1cc(S(=O)(=O)N2[C@H]3CC[C@H]2CC(N2C(=O)CCC2=O)C3)c(Cl)cc1Cl. The van der Waals surface area contributed by atoms with Crippen LogP contribution < -0.4 is 0 Å². The lowest BCUT2D eigenvalue weighted by Crippen LogP contribution is -2.53. The van der Waals surface area contributed by atoms with E-state index in [1.165, 1.54) is 17.0 Å². The number of piperidine rings is 1. The molecule has 2 atom stereocenters. The van der Waals surface area contributed by atoms with Crippen LogP contribution in [0.5, 0.6) is 0 Å². The van der Waals surface area contributed by atoms with Gasteiger partial charge in [-0.15, -0.1) is 0 Å². The highest BCUT2D eigenvalue weighted by Crippen LogP contribution is 2.43. The van der Waals surface area contributed by atoms with Gasteiger partial charge in [0.15, 0.2) is 0 Å². The molecular formula is C18H20Cl2N2O4S. The quantitative estimate of drug-likeness (QED) is 0.690. The van der Waals surface area contributed by atoms with E-state index < -0.39 is 10.0 Å². The number of hydrogen-bond acceptors (Lipinski definition) is 4. The van der Waals surface area contributed by atoms with Gasteiger partial charge < -0.3 is 0 Å². The van der Waals surface area contributed by atoms with E-state index in [4.69, 9.17) is 23.2 Å². The highest BCUT2D eigenvalue weighted by molar-refractivity contribution is 7.89. The van der Waals surface area contributed by atoms with Crippen LogP contribution in [-0.4, -0.2) is 47.6 Å². The summed E-state index contributed by atoms with van der Waals surface area (Å²) in [6, 6.07) is 2.30. The summed E-state index contributed by atoms with van der Waals surface area (Å²) in [7, 11) is -3.79. The van der Waals surface area contributed by atoms with Gasteiger partial charge in [0.05, 0.1) is 5.02 Å². The van der Waals surface area contributed by atoms with E-state index in [1.54, 1.807) is 11.2 Å². The Morgan fingerprint density at radius 1 is 0.926 bits per heavy atom. The molecular weight excluding hydrogens is 411 g/mol. The number of halogens is 2. The van der Waals surface area contributed by atoms with Crippen molar-refractivity contribution in [2.24, 2.45) is 0 Å². The number of nitrogens with zero attached hydrogens (tertiary/aromatic N) is 2. The first kappa shape index (κ1) is 19.2. The molecule has 3 heterocycles. The first-order chi connectivity index (χ1) is 12.7. The van der Waals surface area contributed by atoms with Crippen molar-refractivity contribution in [3.8, 4) is 0 Å². The van der Waals surface area contributed by atoms with Crippen LogP contribution in [-0.2, 0) is 19.6 Å². The molecule has 1 aromatic rings. The number of sulfonamides is 1. The predicted molar refractivity (Wildman–Crippen MR) is 101 cm³/mol. The fourth-order valence-corrected chi connectivity index (χ4v) is 7.35. The molecule has 146 valence electrons. The molecule has 0 aromatic heterocycles. The average molecular weight is 431 g/mol. The Morgan fingerprint density at radius 2 is 1.48 bits per heavy atom. The molecule has 4 rings (SSSR count). The molecule has 3 saturated heterocycles. The number of likely N-dealkylation sites (tertiary alicyclic amines) is 1. The van der Waals surface area contributed by atoms with E-state index in [-0.39, 0.29) is 52.7 Å². The molecule has 27 heavy (non-hydrogen) atoms. The minimum Gasteiger partial charge on any atom is -0.279 e. The molecule has 2 amide bonds. The number of carbonyl (C=O) groups excluding carboxylic acids is 2. The zero-order valence-corrected chi connectivity index (χ0v) is 17.1. The summed E-state index contributed by atoms with van der Waals surface area (Å²) in [6.45, 7) is 1.74. The van der Waals surface area contributed by atoms with Crippen LogP contribution >= 0.6 is 23.2 Å². The van der Waals surface area contributed by atoms with Gasteiger partial charge in [-0.2, -0.15) is 4.31 Å². The molecule has 0 N–H and O–H groups in total. The second-order valence-electron chi connectivity index (χ2n) is 7.53. The summed E-state index contributed by atoms with van der Waals surface area (Å²) in [5.41, 5.74) is 0.648. The van der Waals surface area contributed by atoms with Gasteiger partial charge in [0.2, 0.25) is 21.8 Å². The standard InChI is InChI=1S/C18H20Cl2N2O4S/c1-10-6-16(15(20)9-14(10)19)27(25,26)22-11-2-3-12(22)8-13(7-11)21-17(23)4-5-18(21)24/h6,9,11-13H,2-5,7-8H2,1H3/t11-,12-/m0/s1. The van der Waals surface area contributed by atoms with E-state index in [2.05, 4.69) is 0 Å². The van der Waals surface area contributed by atoms with E-state index >= 15 is 0 Å². The van der Waals surface area contributed by atoms with Gasteiger partial charge in [0, 0.05) is 36.0 Å². The molecule has 1 aromatic carbocycles. The van der Waals surface area contributed by atoms with Crippen molar-refractivity contribution in [3.05, 3.63) is 27.7 Å². The summed E-state index contributed by atoms with van der Waals surface area (Å²) in [5.74, 6) is -0.283. The molecule has 0 spiro atoms. The molecule has 3 aliphatic heterocycles. The van der Waals surface area contributed by atoms with Crippen LogP contribution in [0.25, 0.3) is 0 Å². The highest BCUT2D eigenvalue weighted by Gasteiger charge is 2.50. The second kappa shape index (κ2) is 6.72. The molecule has 0 aliphatic carbocycles. The molecule has 6 nitrogen and oxygen atoms in total. The van der Waals surface area contributed by atoms with Crippen molar-refractivity contribution < 1.29 is 18.0 Å². The fraction of sp³-hybridized carbons (Fsp3) is 0.556. The van der Waals surface area contributed by atoms with E-state index in [0.717, 1.165) is 12.8 Å². The Morgan fingerprint density at radius 3 is 2.04 bits per heavy atom. The molecule has 9 heteroatoms. The number of aryl methyl sites for hydroxylation is 1. The second-order valence-corrected chi connectivity index (χ2v) is 10.2. The summed E-state index contributed by atoms with van der Waals surface area (Å²) in [6.07, 6.45) is 2.93. The van der Waals surface area contributed by atoms with Crippen LogP contribution in [0.2, 0.25) is 10.0 Å². The summed E-state index contributed by atoms with van der Waals surface area (Å²) >= 11 is 12.3. The summed E-state index contributed by atoms with van der Waals surface area (Å²) < 4.78 is 28.2. The van der Waals surface area contributed by atoms with Crippen LogP contribution in [0, 0.1) is 6.92 Å². The first-order valence-corrected chi connectivity index (χ1v) is 11.2. The zero-order valence-electron chi connectivity index (χ0n) is 14.8. The monoisotopic (exact) mass is 430 g/mol. The summed E-state index contributed by atoms with van der Waals surface area (Å²) in [5, 5.41) is 0.531. The van der Waals surface area contributed by atoms with Crippen molar-refractivity contribution >= 4 is 45.0 Å². The van der Waals surface area contributed by atoms with Crippen molar-refractivity contribution in [1.82, 2.24) is 9.21 Å². The average Bonchev–Trinajstić information content (AvgIpc) is 3.07. The Hall–Kier alpha value is -1.15. The largest absolute Gasteiger partial charge is 0.279 e. The van der Waals surface area contributed by atoms with E-state index in [0.29, 0.717) is 23.4 Å². The maximum atomic E-state index is 13.3. The lowest BCUT2D eigenvalue weighted by molar-refractivity contribution is -0.142. The Labute approximate surface area is 168 Å². The molecule has 0 radical (unpaired) electrons. The van der Waals surface area contributed by atoms with Crippen LogP contribution in [0.3, 0.4) is 0 Å². The minimum atomic E-state index is -3.79. The Bertz CT molecular complexity index is 904. The number of carbonyl (C=O) groups is 2. The zero-order chi connectivity index (χ0) is 19.5. The number of fused-ring (bicyclic) bond motifs is 2. The van der Waals surface area contributed by atoms with Crippen LogP contribution in [0.15, 0.2) is 17.0 Å². The first-order valence-electron chi connectivity index (χ1n) is 9.04. The van der Waals surface area contributed by atoms with Gasteiger partial charge in [-0.05, 0) is 50.3 Å². The van der Waals surface area contributed by atoms with Crippen molar-refractivity contribution in [3.63, 3.8) is 0 Å². The number of amides is 2. The number of rotatable bonds is 3. The third-order valence-electron chi connectivity index (χ3n) is 5.87. The van der Waals surface area contributed by atoms with Gasteiger partial charge >= 0.3 is 0 Å². The van der Waals surface area contributed by atoms with Gasteiger partial charge in [-0.1, -0.05) is 23.2 Å². The Kier molecular flexibility index (Phi) is 4.78. The lowest BCUT2D eigenvalue weighted by atomic mass is 9.98. The molecule has 3 fully saturated rings. The van der Waals surface area contributed by atoms with Gasteiger partial charge in [-0.3, -0.25) is 14.5 Å². The molecule has 2 bridgehead atoms. The maximum Gasteiger partial charge on any atom is 0.245 e. The van der Waals surface area contributed by atoms with Crippen molar-refractivity contribution in [2.45, 2.75) is 68.5 Å². The molecule has 3 aliphatic rings. The van der Waals surface area contributed by atoms with Gasteiger partial charge in [0.1, 0.15) is 4.90 Å². The van der Waals surface area contributed by atoms with Crippen molar-refractivity contribution in [2.75, 3.05) is 0 Å². The van der Waals surface area contributed by atoms with Gasteiger partial charge in [-0.25, -0.2) is 8.42 Å². The third kappa shape index (κ3) is 3.09. The third-order valence-corrected chi connectivity index (χ3v) is 8.74. The van der Waals surface area contributed by atoms with Crippen LogP contribution in [0.1, 0.15) is 44.1 Å². The summed E-state index contributed by atoms with van der Waals surface area (Å²) in [4.78, 5) is 25.6. The topological polar surface area (TPSA) is 74.8 Å². The Balaban J connectivity index is 1.64. The molecule has 0 saturated carbocycles. The number of imide groups is 1.